The van der Waals surface area contributed by atoms with Crippen LogP contribution in [0.2, 0.25) is 0 Å². The van der Waals surface area contributed by atoms with Crippen LogP contribution in [-0.2, 0) is 0 Å². The van der Waals surface area contributed by atoms with E-state index in [4.69, 9.17) is 17.0 Å². The van der Waals surface area contributed by atoms with Gasteiger partial charge in [0.25, 0.3) is 0 Å². The van der Waals surface area contributed by atoms with Gasteiger partial charge in [-0.25, -0.2) is 9.97 Å². The van der Waals surface area contributed by atoms with E-state index in [9.17, 15) is 0 Å². The number of nitrogens with one attached hydrogen (secondary N) is 2. The van der Waals surface area contributed by atoms with Crippen molar-refractivity contribution in [2.75, 3.05) is 17.7 Å². The predicted octanol–water partition coefficient (Wildman–Crippen LogP) is 2.60. The van der Waals surface area contributed by atoms with E-state index in [1.807, 2.05) is 37.3 Å². The number of aryl methyl sites for hydroxylation is 1. The molecular formula is C13H14N4OS. The fourth-order valence-electron chi connectivity index (χ4n) is 1.45. The minimum Gasteiger partial charge on any atom is -0.497 e. The van der Waals surface area contributed by atoms with Gasteiger partial charge in [-0.15, -0.1) is 0 Å². The Balaban J connectivity index is 1.97. The maximum absolute atomic E-state index is 5.19. The smallest absolute Gasteiger partial charge is 0.229 e. The minimum absolute atomic E-state index is 0.441. The highest BCUT2D eigenvalue weighted by Gasteiger charge is 2.01. The van der Waals surface area contributed by atoms with Gasteiger partial charge >= 0.3 is 0 Å². The standard InChI is InChI=1S/C13H14N4OS/c1-9-7-8-14-12(15-9)17-13(19)16-10-3-5-11(18-2)6-4-10/h3-8H,1-2H3,(H2,14,15,16,17,19). The van der Waals surface area contributed by atoms with Crippen LogP contribution in [0, 0.1) is 6.92 Å². The summed E-state index contributed by atoms with van der Waals surface area (Å²) in [6.07, 6.45) is 1.68. The number of methoxy groups -OCH3 is 1. The summed E-state index contributed by atoms with van der Waals surface area (Å²) in [6, 6.07) is 9.29. The Morgan fingerprint density at radius 3 is 2.53 bits per heavy atom. The molecule has 0 aliphatic carbocycles. The van der Waals surface area contributed by atoms with E-state index in [0.29, 0.717) is 11.1 Å². The predicted molar refractivity (Wildman–Crippen MR) is 79.6 cm³/mol. The van der Waals surface area contributed by atoms with Gasteiger partial charge in [-0.2, -0.15) is 0 Å². The van der Waals surface area contributed by atoms with Crippen LogP contribution >= 0.6 is 12.2 Å². The van der Waals surface area contributed by atoms with Crippen LogP contribution in [0.5, 0.6) is 5.75 Å². The normalized spacial score (nSPS) is 9.79. The molecule has 19 heavy (non-hydrogen) atoms. The average Bonchev–Trinajstić information content (AvgIpc) is 2.39. The Kier molecular flexibility index (Phi) is 4.25. The number of hydrogen-bond acceptors (Lipinski definition) is 4. The van der Waals surface area contributed by atoms with Gasteiger partial charge in [0.1, 0.15) is 5.75 Å². The first-order valence-corrected chi connectivity index (χ1v) is 6.10. The van der Waals surface area contributed by atoms with Crippen LogP contribution < -0.4 is 15.4 Å². The average molecular weight is 274 g/mol. The molecule has 0 aliphatic heterocycles. The van der Waals surface area contributed by atoms with Crippen LogP contribution in [-0.4, -0.2) is 22.2 Å². The molecule has 0 radical (unpaired) electrons. The van der Waals surface area contributed by atoms with Crippen molar-refractivity contribution in [2.24, 2.45) is 0 Å². The fraction of sp³-hybridized carbons (Fsp3) is 0.154. The number of benzene rings is 1. The zero-order valence-corrected chi connectivity index (χ0v) is 11.5. The molecule has 0 saturated heterocycles. The summed E-state index contributed by atoms with van der Waals surface area (Å²) >= 11 is 5.19. The lowest BCUT2D eigenvalue weighted by Gasteiger charge is -2.09. The monoisotopic (exact) mass is 274 g/mol. The first-order valence-electron chi connectivity index (χ1n) is 5.69. The SMILES string of the molecule is COc1ccc(NC(=S)Nc2nccc(C)n2)cc1. The van der Waals surface area contributed by atoms with E-state index in [0.717, 1.165) is 17.1 Å². The molecule has 0 unspecified atom stereocenters. The summed E-state index contributed by atoms with van der Waals surface area (Å²) in [5.41, 5.74) is 1.75. The van der Waals surface area contributed by atoms with Crippen molar-refractivity contribution < 1.29 is 4.74 Å². The van der Waals surface area contributed by atoms with Gasteiger partial charge in [-0.3, -0.25) is 0 Å². The summed E-state index contributed by atoms with van der Waals surface area (Å²) in [5.74, 6) is 1.28. The van der Waals surface area contributed by atoms with Crippen LogP contribution in [0.15, 0.2) is 36.5 Å². The maximum atomic E-state index is 5.19. The van der Waals surface area contributed by atoms with Crippen molar-refractivity contribution in [3.05, 3.63) is 42.2 Å². The molecular weight excluding hydrogens is 260 g/mol. The Labute approximate surface area is 117 Å². The summed E-state index contributed by atoms with van der Waals surface area (Å²) in [5, 5.41) is 6.41. The lowest BCUT2D eigenvalue weighted by atomic mass is 10.3. The zero-order chi connectivity index (χ0) is 13.7. The number of hydrogen-bond donors (Lipinski definition) is 2. The number of anilines is 2. The maximum Gasteiger partial charge on any atom is 0.229 e. The molecule has 1 aromatic heterocycles. The van der Waals surface area contributed by atoms with Gasteiger partial charge in [0.2, 0.25) is 5.95 Å². The third-order valence-corrected chi connectivity index (χ3v) is 2.57. The van der Waals surface area contributed by atoms with E-state index < -0.39 is 0 Å². The van der Waals surface area contributed by atoms with Crippen LogP contribution in [0.4, 0.5) is 11.6 Å². The largest absolute Gasteiger partial charge is 0.497 e. The highest BCUT2D eigenvalue weighted by Crippen LogP contribution is 2.15. The van der Waals surface area contributed by atoms with Crippen LogP contribution in [0.3, 0.4) is 0 Å². The molecule has 0 aliphatic rings. The van der Waals surface area contributed by atoms with Gasteiger partial charge in [0, 0.05) is 17.6 Å². The van der Waals surface area contributed by atoms with E-state index in [1.54, 1.807) is 13.3 Å². The Bertz CT molecular complexity index is 571. The van der Waals surface area contributed by atoms with Gasteiger partial charge in [-0.05, 0) is 49.5 Å². The molecule has 2 aromatic rings. The molecule has 0 amide bonds. The first-order chi connectivity index (χ1) is 9.17. The second-order valence-electron chi connectivity index (χ2n) is 3.83. The Hall–Kier alpha value is -2.21. The number of thiocarbonyl (C=S) groups is 1. The number of nitrogens with zero attached hydrogens (tertiary/aromatic N) is 2. The molecule has 0 fully saturated rings. The number of ether oxygens (including phenoxy) is 1. The molecule has 2 N–H and O–H groups in total. The second kappa shape index (κ2) is 6.10. The molecule has 98 valence electrons. The topological polar surface area (TPSA) is 59.1 Å². The molecule has 1 aromatic carbocycles. The molecule has 1 heterocycles. The molecule has 0 bridgehead atoms. The lowest BCUT2D eigenvalue weighted by Crippen LogP contribution is -2.20. The second-order valence-corrected chi connectivity index (χ2v) is 4.24. The highest BCUT2D eigenvalue weighted by atomic mass is 32.1. The number of aromatic nitrogens is 2. The van der Waals surface area contributed by atoms with Gasteiger partial charge < -0.3 is 15.4 Å². The van der Waals surface area contributed by atoms with Crippen molar-refractivity contribution in [3.8, 4) is 5.75 Å². The first kappa shape index (κ1) is 13.2. The molecule has 0 atom stereocenters. The molecule has 2 rings (SSSR count). The third kappa shape index (κ3) is 3.89. The summed E-state index contributed by atoms with van der Waals surface area (Å²) in [7, 11) is 1.63. The fourth-order valence-corrected chi connectivity index (χ4v) is 1.66. The molecule has 0 saturated carbocycles. The highest BCUT2D eigenvalue weighted by molar-refractivity contribution is 7.80. The van der Waals surface area contributed by atoms with Crippen molar-refractivity contribution in [2.45, 2.75) is 6.92 Å². The van der Waals surface area contributed by atoms with Gasteiger partial charge in [0.05, 0.1) is 7.11 Å². The third-order valence-electron chi connectivity index (χ3n) is 2.37. The summed E-state index contributed by atoms with van der Waals surface area (Å²) in [6.45, 7) is 1.90. The van der Waals surface area contributed by atoms with Gasteiger partial charge in [0.15, 0.2) is 5.11 Å². The van der Waals surface area contributed by atoms with Crippen molar-refractivity contribution >= 4 is 29.0 Å². The van der Waals surface area contributed by atoms with Crippen molar-refractivity contribution in [1.82, 2.24) is 9.97 Å². The van der Waals surface area contributed by atoms with E-state index >= 15 is 0 Å². The van der Waals surface area contributed by atoms with E-state index in [-0.39, 0.29) is 0 Å². The Morgan fingerprint density at radius 2 is 1.89 bits per heavy atom. The lowest BCUT2D eigenvalue weighted by molar-refractivity contribution is 0.415. The summed E-state index contributed by atoms with van der Waals surface area (Å²) in [4.78, 5) is 8.29. The molecule has 0 spiro atoms. The van der Waals surface area contributed by atoms with E-state index in [1.165, 1.54) is 0 Å². The van der Waals surface area contributed by atoms with Crippen molar-refractivity contribution in [1.29, 1.82) is 0 Å². The molecule has 6 heteroatoms. The molecule has 5 nitrogen and oxygen atoms in total. The van der Waals surface area contributed by atoms with Crippen molar-refractivity contribution in [3.63, 3.8) is 0 Å². The zero-order valence-electron chi connectivity index (χ0n) is 10.7. The summed E-state index contributed by atoms with van der Waals surface area (Å²) < 4.78 is 5.09. The van der Waals surface area contributed by atoms with Crippen LogP contribution in [0.25, 0.3) is 0 Å². The number of rotatable bonds is 3. The quantitative estimate of drug-likeness (QED) is 0.839. The van der Waals surface area contributed by atoms with Crippen LogP contribution in [0.1, 0.15) is 5.69 Å². The Morgan fingerprint density at radius 1 is 1.16 bits per heavy atom. The van der Waals surface area contributed by atoms with E-state index in [2.05, 4.69) is 20.6 Å². The minimum atomic E-state index is 0.441. The van der Waals surface area contributed by atoms with Gasteiger partial charge in [-0.1, -0.05) is 0 Å².